The number of carbonyl (C=O) groups excluding carboxylic acids is 1. The predicted octanol–water partition coefficient (Wildman–Crippen LogP) is 3.79. The molecular weight excluding hydrogens is 328 g/mol. The summed E-state index contributed by atoms with van der Waals surface area (Å²) in [6.07, 6.45) is 6.13. The first-order chi connectivity index (χ1) is 12.2. The summed E-state index contributed by atoms with van der Waals surface area (Å²) in [5.74, 6) is 1.64. The van der Waals surface area contributed by atoms with E-state index in [4.69, 9.17) is 4.42 Å². The second kappa shape index (κ2) is 5.96. The van der Waals surface area contributed by atoms with Gasteiger partial charge in [-0.2, -0.15) is 0 Å². The molecule has 0 aliphatic carbocycles. The standard InChI is InChI=1S/C20H28N4O2/c1-12-8-17(13(2)26-12)19(25)24-14-6-7-15(24)10-16(9-14)23-11-18(21-22-23)20(3,4)5/h8,11,14-16H,6-7,9-10H2,1-5H3. The van der Waals surface area contributed by atoms with Crippen molar-refractivity contribution in [3.63, 3.8) is 0 Å². The van der Waals surface area contributed by atoms with Crippen molar-refractivity contribution in [2.75, 3.05) is 0 Å². The maximum absolute atomic E-state index is 13.1. The average Bonchev–Trinajstić information content (AvgIpc) is 3.23. The highest BCUT2D eigenvalue weighted by atomic mass is 16.3. The molecule has 6 heteroatoms. The highest BCUT2D eigenvalue weighted by molar-refractivity contribution is 5.96. The van der Waals surface area contributed by atoms with Crippen LogP contribution in [0.25, 0.3) is 0 Å². The van der Waals surface area contributed by atoms with Crippen LogP contribution in [-0.2, 0) is 5.41 Å². The Morgan fingerprint density at radius 2 is 1.81 bits per heavy atom. The van der Waals surface area contributed by atoms with Gasteiger partial charge in [-0.05, 0) is 45.6 Å². The van der Waals surface area contributed by atoms with E-state index < -0.39 is 0 Å². The molecule has 2 aliphatic heterocycles. The lowest BCUT2D eigenvalue weighted by atomic mass is 9.92. The topological polar surface area (TPSA) is 64.2 Å². The van der Waals surface area contributed by atoms with Gasteiger partial charge in [0.05, 0.1) is 17.3 Å². The molecule has 0 N–H and O–H groups in total. The molecule has 0 saturated carbocycles. The smallest absolute Gasteiger partial charge is 0.257 e. The van der Waals surface area contributed by atoms with E-state index in [1.807, 2.05) is 24.6 Å². The summed E-state index contributed by atoms with van der Waals surface area (Å²) in [7, 11) is 0. The number of furan rings is 1. The van der Waals surface area contributed by atoms with Gasteiger partial charge in [-0.1, -0.05) is 26.0 Å². The number of piperidine rings is 1. The van der Waals surface area contributed by atoms with Crippen molar-refractivity contribution in [3.8, 4) is 0 Å². The van der Waals surface area contributed by atoms with E-state index >= 15 is 0 Å². The number of rotatable bonds is 2. The minimum Gasteiger partial charge on any atom is -0.466 e. The zero-order valence-corrected chi connectivity index (χ0v) is 16.3. The SMILES string of the molecule is Cc1cc(C(=O)N2C3CCC2CC(n2cc(C(C)(C)C)nn2)C3)c(C)o1. The molecular formula is C20H28N4O2. The Morgan fingerprint density at radius 3 is 2.31 bits per heavy atom. The molecule has 2 aliphatic rings. The average molecular weight is 356 g/mol. The lowest BCUT2D eigenvalue weighted by Crippen LogP contribution is -2.47. The zero-order chi connectivity index (χ0) is 18.6. The van der Waals surface area contributed by atoms with Gasteiger partial charge < -0.3 is 9.32 Å². The molecule has 0 radical (unpaired) electrons. The minimum absolute atomic E-state index is 0.00453. The van der Waals surface area contributed by atoms with Gasteiger partial charge in [0, 0.05) is 23.7 Å². The number of aryl methyl sites for hydroxylation is 2. The Hall–Kier alpha value is -2.11. The molecule has 4 heterocycles. The molecule has 140 valence electrons. The second-order valence-electron chi connectivity index (χ2n) is 8.88. The zero-order valence-electron chi connectivity index (χ0n) is 16.3. The summed E-state index contributed by atoms with van der Waals surface area (Å²) >= 11 is 0. The van der Waals surface area contributed by atoms with Crippen molar-refractivity contribution in [2.45, 2.75) is 83.8 Å². The van der Waals surface area contributed by atoms with Gasteiger partial charge in [-0.25, -0.2) is 4.68 Å². The van der Waals surface area contributed by atoms with Crippen molar-refractivity contribution >= 4 is 5.91 Å². The molecule has 0 spiro atoms. The van der Waals surface area contributed by atoms with E-state index in [0.29, 0.717) is 11.6 Å². The monoisotopic (exact) mass is 356 g/mol. The molecule has 2 aromatic rings. The Kier molecular flexibility index (Phi) is 3.97. The largest absolute Gasteiger partial charge is 0.466 e. The van der Waals surface area contributed by atoms with Gasteiger partial charge in [0.2, 0.25) is 0 Å². The summed E-state index contributed by atoms with van der Waals surface area (Å²) in [4.78, 5) is 15.2. The molecule has 4 rings (SSSR count). The van der Waals surface area contributed by atoms with Crippen molar-refractivity contribution in [3.05, 3.63) is 35.0 Å². The van der Waals surface area contributed by atoms with Crippen molar-refractivity contribution in [1.82, 2.24) is 19.9 Å². The number of amides is 1. The molecule has 1 amide bonds. The highest BCUT2D eigenvalue weighted by Gasteiger charge is 2.45. The van der Waals surface area contributed by atoms with Crippen LogP contribution in [0.1, 0.15) is 80.1 Å². The lowest BCUT2D eigenvalue weighted by Gasteiger charge is -2.38. The van der Waals surface area contributed by atoms with Crippen LogP contribution in [-0.4, -0.2) is 37.9 Å². The summed E-state index contributed by atoms with van der Waals surface area (Å²) < 4.78 is 7.60. The first kappa shape index (κ1) is 17.3. The number of hydrogen-bond donors (Lipinski definition) is 0. The predicted molar refractivity (Wildman–Crippen MR) is 98.2 cm³/mol. The Morgan fingerprint density at radius 1 is 1.15 bits per heavy atom. The molecule has 26 heavy (non-hydrogen) atoms. The third kappa shape index (κ3) is 2.85. The van der Waals surface area contributed by atoms with Crippen LogP contribution in [0.2, 0.25) is 0 Å². The van der Waals surface area contributed by atoms with Gasteiger partial charge in [0.15, 0.2) is 0 Å². The first-order valence-electron chi connectivity index (χ1n) is 9.56. The van der Waals surface area contributed by atoms with Crippen LogP contribution in [0.4, 0.5) is 0 Å². The number of nitrogens with zero attached hydrogens (tertiary/aromatic N) is 4. The van der Waals surface area contributed by atoms with Gasteiger partial charge in [0.1, 0.15) is 11.5 Å². The van der Waals surface area contributed by atoms with E-state index in [9.17, 15) is 4.79 Å². The van der Waals surface area contributed by atoms with Gasteiger partial charge in [-0.15, -0.1) is 5.10 Å². The highest BCUT2D eigenvalue weighted by Crippen LogP contribution is 2.42. The van der Waals surface area contributed by atoms with Crippen molar-refractivity contribution < 1.29 is 9.21 Å². The quantitative estimate of drug-likeness (QED) is 0.821. The summed E-state index contributed by atoms with van der Waals surface area (Å²) in [5.41, 5.74) is 1.74. The number of hydrogen-bond acceptors (Lipinski definition) is 4. The van der Waals surface area contributed by atoms with E-state index in [-0.39, 0.29) is 23.4 Å². The molecule has 2 atom stereocenters. The molecule has 2 fully saturated rings. The number of carbonyl (C=O) groups is 1. The van der Waals surface area contributed by atoms with E-state index in [1.54, 1.807) is 0 Å². The molecule has 2 aromatic heterocycles. The van der Waals surface area contributed by atoms with Gasteiger partial charge in [0.25, 0.3) is 5.91 Å². The van der Waals surface area contributed by atoms with Crippen LogP contribution in [0, 0.1) is 13.8 Å². The van der Waals surface area contributed by atoms with Crippen LogP contribution in [0.3, 0.4) is 0 Å². The Labute approximate surface area is 154 Å². The fourth-order valence-electron chi connectivity index (χ4n) is 4.48. The van der Waals surface area contributed by atoms with Gasteiger partial charge in [-0.3, -0.25) is 4.79 Å². The molecule has 2 unspecified atom stereocenters. The second-order valence-corrected chi connectivity index (χ2v) is 8.88. The van der Waals surface area contributed by atoms with Crippen LogP contribution < -0.4 is 0 Å². The normalized spacial score (nSPS) is 25.7. The lowest BCUT2D eigenvalue weighted by molar-refractivity contribution is 0.0521. The van der Waals surface area contributed by atoms with E-state index in [0.717, 1.165) is 42.9 Å². The molecule has 2 bridgehead atoms. The molecule has 0 aromatic carbocycles. The maximum Gasteiger partial charge on any atom is 0.257 e. The third-order valence-electron chi connectivity index (χ3n) is 5.87. The van der Waals surface area contributed by atoms with Crippen molar-refractivity contribution in [1.29, 1.82) is 0 Å². The van der Waals surface area contributed by atoms with E-state index in [1.165, 1.54) is 0 Å². The summed E-state index contributed by atoms with van der Waals surface area (Å²) in [6.45, 7) is 10.2. The van der Waals surface area contributed by atoms with Crippen molar-refractivity contribution in [2.24, 2.45) is 0 Å². The van der Waals surface area contributed by atoms with Crippen LogP contribution >= 0.6 is 0 Å². The number of fused-ring (bicyclic) bond motifs is 2. The molecule has 2 saturated heterocycles. The summed E-state index contributed by atoms with van der Waals surface area (Å²) in [5, 5.41) is 8.77. The minimum atomic E-state index is 0.00453. The summed E-state index contributed by atoms with van der Waals surface area (Å²) in [6, 6.07) is 2.76. The molecule has 6 nitrogen and oxygen atoms in total. The first-order valence-corrected chi connectivity index (χ1v) is 9.56. The van der Waals surface area contributed by atoms with Crippen LogP contribution in [0.5, 0.6) is 0 Å². The van der Waals surface area contributed by atoms with Crippen LogP contribution in [0.15, 0.2) is 16.7 Å². The van der Waals surface area contributed by atoms with E-state index in [2.05, 4.69) is 42.2 Å². The fraction of sp³-hybridized carbons (Fsp3) is 0.650. The fourth-order valence-corrected chi connectivity index (χ4v) is 4.48. The third-order valence-corrected chi connectivity index (χ3v) is 5.87. The van der Waals surface area contributed by atoms with Gasteiger partial charge >= 0.3 is 0 Å². The maximum atomic E-state index is 13.1. The number of aromatic nitrogens is 3. The Bertz CT molecular complexity index is 815. The Balaban J connectivity index is 1.53.